The molecule has 0 spiro atoms. The van der Waals surface area contributed by atoms with Gasteiger partial charge in [0.25, 0.3) is 0 Å². The van der Waals surface area contributed by atoms with E-state index in [-0.39, 0.29) is 0 Å². The Morgan fingerprint density at radius 3 is 2.00 bits per heavy atom. The Morgan fingerprint density at radius 2 is 1.88 bits per heavy atom. The van der Waals surface area contributed by atoms with Gasteiger partial charge in [0.05, 0.1) is 0 Å². The fourth-order valence-corrected chi connectivity index (χ4v) is 2.62. The van der Waals surface area contributed by atoms with Gasteiger partial charge in [-0.1, -0.05) is 0 Å². The molecule has 0 saturated heterocycles. The molecule has 0 unspecified atom stereocenters. The number of rotatable bonds is 4. The van der Waals surface area contributed by atoms with Gasteiger partial charge in [0.15, 0.2) is 0 Å². The quantitative estimate of drug-likeness (QED) is 0.460. The van der Waals surface area contributed by atoms with E-state index in [9.17, 15) is 0 Å². The number of alkyl halides is 2. The van der Waals surface area contributed by atoms with Crippen molar-refractivity contribution in [1.29, 1.82) is 0 Å². The lowest BCUT2D eigenvalue weighted by molar-refractivity contribution is 0.349. The third-order valence-electron chi connectivity index (χ3n) is 0.747. The highest BCUT2D eigenvalue weighted by Crippen LogP contribution is 1.92. The van der Waals surface area contributed by atoms with E-state index in [1.54, 1.807) is 0 Å². The first-order chi connectivity index (χ1) is 3.85. The van der Waals surface area contributed by atoms with Crippen LogP contribution in [0.5, 0.6) is 0 Å². The van der Waals surface area contributed by atoms with E-state index in [1.807, 2.05) is 6.92 Å². The Morgan fingerprint density at radius 1 is 1.38 bits per heavy atom. The summed E-state index contributed by atoms with van der Waals surface area (Å²) < 4.78 is 5.22. The van der Waals surface area contributed by atoms with E-state index in [4.69, 9.17) is 27.6 Å². The lowest BCUT2D eigenvalue weighted by Crippen LogP contribution is -2.22. The molecule has 0 atom stereocenters. The zero-order chi connectivity index (χ0) is 6.41. The summed E-state index contributed by atoms with van der Waals surface area (Å²) in [4.78, 5) is 0. The SMILES string of the molecule is CCO[SiH](CCl)CCl. The van der Waals surface area contributed by atoms with Gasteiger partial charge >= 0.3 is 0 Å². The molecule has 0 fully saturated rings. The minimum absolute atomic E-state index is 0.622. The molecule has 0 rings (SSSR count). The fraction of sp³-hybridized carbons (Fsp3) is 1.00. The van der Waals surface area contributed by atoms with Crippen LogP contribution in [0.15, 0.2) is 0 Å². The van der Waals surface area contributed by atoms with Crippen LogP contribution in [0.3, 0.4) is 0 Å². The summed E-state index contributed by atoms with van der Waals surface area (Å²) in [7, 11) is -1.16. The molecule has 0 saturated carbocycles. The van der Waals surface area contributed by atoms with Crippen molar-refractivity contribution in [2.75, 3.05) is 17.6 Å². The van der Waals surface area contributed by atoms with Crippen molar-refractivity contribution in [1.82, 2.24) is 0 Å². The zero-order valence-electron chi connectivity index (χ0n) is 4.86. The molecule has 0 aliphatic rings. The minimum Gasteiger partial charge on any atom is -0.418 e. The van der Waals surface area contributed by atoms with E-state index in [0.717, 1.165) is 6.61 Å². The third-order valence-corrected chi connectivity index (χ3v) is 4.30. The van der Waals surface area contributed by atoms with Gasteiger partial charge in [0, 0.05) is 17.6 Å². The van der Waals surface area contributed by atoms with E-state index in [1.165, 1.54) is 0 Å². The molecule has 0 amide bonds. The topological polar surface area (TPSA) is 9.23 Å². The Hall–Kier alpha value is 0.757. The lowest BCUT2D eigenvalue weighted by atomic mass is 10.9. The zero-order valence-corrected chi connectivity index (χ0v) is 7.53. The predicted molar refractivity (Wildman–Crippen MR) is 40.2 cm³/mol. The Kier molecular flexibility index (Phi) is 6.44. The first-order valence-electron chi connectivity index (χ1n) is 2.58. The molecule has 0 aliphatic heterocycles. The molecular weight excluding hydrogens is 163 g/mol. The molecule has 50 valence electrons. The second-order valence-electron chi connectivity index (χ2n) is 1.39. The maximum Gasteiger partial charge on any atom is 0.205 e. The summed E-state index contributed by atoms with van der Waals surface area (Å²) >= 11 is 11.0. The molecule has 8 heavy (non-hydrogen) atoms. The van der Waals surface area contributed by atoms with Gasteiger partial charge in [-0.05, 0) is 6.92 Å². The maximum absolute atomic E-state index is 5.50. The molecule has 0 aromatic carbocycles. The van der Waals surface area contributed by atoms with Crippen molar-refractivity contribution in [3.05, 3.63) is 0 Å². The highest BCUT2D eigenvalue weighted by atomic mass is 35.5. The van der Waals surface area contributed by atoms with Crippen LogP contribution in [0, 0.1) is 0 Å². The average Bonchev–Trinajstić information content (AvgIpc) is 1.83. The van der Waals surface area contributed by atoms with Gasteiger partial charge in [-0.15, -0.1) is 23.2 Å². The monoisotopic (exact) mass is 172 g/mol. The molecule has 0 aromatic rings. The first-order valence-corrected chi connectivity index (χ1v) is 5.76. The van der Waals surface area contributed by atoms with Crippen LogP contribution >= 0.6 is 23.2 Å². The van der Waals surface area contributed by atoms with Crippen molar-refractivity contribution >= 4 is 32.2 Å². The van der Waals surface area contributed by atoms with Gasteiger partial charge in [-0.3, -0.25) is 0 Å². The highest BCUT2D eigenvalue weighted by molar-refractivity contribution is 6.68. The highest BCUT2D eigenvalue weighted by Gasteiger charge is 2.05. The molecule has 0 heterocycles. The molecule has 0 aliphatic carbocycles. The third kappa shape index (κ3) is 3.72. The summed E-state index contributed by atoms with van der Waals surface area (Å²) in [6.45, 7) is 2.70. The van der Waals surface area contributed by atoms with Crippen LogP contribution in [-0.4, -0.2) is 26.7 Å². The van der Waals surface area contributed by atoms with Crippen LogP contribution < -0.4 is 0 Å². The normalized spacial score (nSPS) is 10.5. The summed E-state index contributed by atoms with van der Waals surface area (Å²) in [5.41, 5.74) is 1.24. The van der Waals surface area contributed by atoms with Crippen LogP contribution in [0.2, 0.25) is 0 Å². The first kappa shape index (κ1) is 8.76. The maximum atomic E-state index is 5.50. The van der Waals surface area contributed by atoms with Crippen molar-refractivity contribution in [2.45, 2.75) is 6.92 Å². The number of hydrogen-bond acceptors (Lipinski definition) is 1. The van der Waals surface area contributed by atoms with E-state index in [2.05, 4.69) is 0 Å². The molecule has 0 bridgehead atoms. The Labute approximate surface area is 61.7 Å². The van der Waals surface area contributed by atoms with Gasteiger partial charge in [-0.2, -0.15) is 0 Å². The van der Waals surface area contributed by atoms with E-state index >= 15 is 0 Å². The van der Waals surface area contributed by atoms with Crippen LogP contribution in [0.25, 0.3) is 0 Å². The molecule has 1 nitrogen and oxygen atoms in total. The second kappa shape index (κ2) is 5.89. The largest absolute Gasteiger partial charge is 0.418 e. The van der Waals surface area contributed by atoms with Gasteiger partial charge < -0.3 is 4.43 Å². The minimum atomic E-state index is -1.16. The van der Waals surface area contributed by atoms with Crippen LogP contribution in [0.1, 0.15) is 6.92 Å². The molecule has 4 heteroatoms. The van der Waals surface area contributed by atoms with Gasteiger partial charge in [-0.25, -0.2) is 0 Å². The second-order valence-corrected chi connectivity index (χ2v) is 5.43. The predicted octanol–water partition coefficient (Wildman–Crippen LogP) is 1.30. The summed E-state index contributed by atoms with van der Waals surface area (Å²) in [5.74, 6) is 0. The van der Waals surface area contributed by atoms with Crippen LogP contribution in [0.4, 0.5) is 0 Å². The van der Waals surface area contributed by atoms with E-state index in [0.29, 0.717) is 11.0 Å². The standard InChI is InChI=1S/C4H10Cl2OSi/c1-2-7-8(3-5)4-6/h8H,2-4H2,1H3. The smallest absolute Gasteiger partial charge is 0.205 e. The molecule has 0 N–H and O–H groups in total. The van der Waals surface area contributed by atoms with E-state index < -0.39 is 9.04 Å². The molecule has 0 aromatic heterocycles. The summed E-state index contributed by atoms with van der Waals surface area (Å²) in [6.07, 6.45) is 0. The number of hydrogen-bond donors (Lipinski definition) is 0. The van der Waals surface area contributed by atoms with Crippen molar-refractivity contribution in [3.63, 3.8) is 0 Å². The lowest BCUT2D eigenvalue weighted by Gasteiger charge is -2.05. The Bertz CT molecular complexity index is 49.3. The average molecular weight is 173 g/mol. The van der Waals surface area contributed by atoms with Crippen LogP contribution in [-0.2, 0) is 4.43 Å². The summed E-state index contributed by atoms with van der Waals surface area (Å²) in [5, 5.41) is 0. The van der Waals surface area contributed by atoms with Gasteiger partial charge in [0.1, 0.15) is 0 Å². The Balaban J connectivity index is 3.07. The van der Waals surface area contributed by atoms with Crippen molar-refractivity contribution < 1.29 is 4.43 Å². The molecule has 0 radical (unpaired) electrons. The molecular formula is C4H10Cl2OSi. The van der Waals surface area contributed by atoms with Crippen molar-refractivity contribution in [3.8, 4) is 0 Å². The van der Waals surface area contributed by atoms with Crippen molar-refractivity contribution in [2.24, 2.45) is 0 Å². The summed E-state index contributed by atoms with van der Waals surface area (Å²) in [6, 6.07) is 0. The number of halogens is 2. The van der Waals surface area contributed by atoms with Gasteiger partial charge in [0.2, 0.25) is 9.04 Å². The fourth-order valence-electron chi connectivity index (χ4n) is 0.366.